The number of nitrogens with zero attached hydrogens (tertiary/aromatic N) is 1. The summed E-state index contributed by atoms with van der Waals surface area (Å²) in [7, 11) is 3.28. The number of aliphatic carboxylic acids is 1. The molecule has 0 aromatic heterocycles. The SMILES string of the molecule is COc1ccc(Cl)cc1CN(C)CC(C)(O)C(=O)O. The van der Waals surface area contributed by atoms with Gasteiger partial charge in [-0.05, 0) is 32.2 Å². The molecule has 1 atom stereocenters. The second kappa shape index (κ2) is 6.23. The smallest absolute Gasteiger partial charge is 0.336 e. The first kappa shape index (κ1) is 15.8. The third-order valence-corrected chi connectivity index (χ3v) is 2.96. The number of aliphatic hydroxyl groups is 1. The van der Waals surface area contributed by atoms with Crippen molar-refractivity contribution in [2.45, 2.75) is 19.1 Å². The number of rotatable bonds is 6. The largest absolute Gasteiger partial charge is 0.496 e. The van der Waals surface area contributed by atoms with Gasteiger partial charge in [-0.3, -0.25) is 4.90 Å². The molecule has 19 heavy (non-hydrogen) atoms. The fourth-order valence-corrected chi connectivity index (χ4v) is 2.01. The van der Waals surface area contributed by atoms with Crippen molar-refractivity contribution in [1.82, 2.24) is 4.90 Å². The lowest BCUT2D eigenvalue weighted by molar-refractivity contribution is -0.158. The van der Waals surface area contributed by atoms with Gasteiger partial charge in [-0.25, -0.2) is 4.79 Å². The van der Waals surface area contributed by atoms with E-state index in [1.54, 1.807) is 37.3 Å². The van der Waals surface area contributed by atoms with Crippen molar-refractivity contribution in [3.05, 3.63) is 28.8 Å². The van der Waals surface area contributed by atoms with E-state index in [9.17, 15) is 9.90 Å². The quantitative estimate of drug-likeness (QED) is 0.832. The summed E-state index contributed by atoms with van der Waals surface area (Å²) in [5.41, 5.74) is -0.959. The average molecular weight is 288 g/mol. The zero-order valence-corrected chi connectivity index (χ0v) is 11.9. The molecule has 1 unspecified atom stereocenters. The van der Waals surface area contributed by atoms with Gasteiger partial charge >= 0.3 is 5.97 Å². The van der Waals surface area contributed by atoms with E-state index < -0.39 is 11.6 Å². The molecule has 0 aliphatic heterocycles. The Bertz CT molecular complexity index is 462. The van der Waals surface area contributed by atoms with Crippen LogP contribution in [0.1, 0.15) is 12.5 Å². The van der Waals surface area contributed by atoms with Gasteiger partial charge in [0.05, 0.1) is 7.11 Å². The maximum Gasteiger partial charge on any atom is 0.336 e. The van der Waals surface area contributed by atoms with Gasteiger partial charge < -0.3 is 14.9 Å². The minimum absolute atomic E-state index is 0.00198. The van der Waals surface area contributed by atoms with E-state index in [0.29, 0.717) is 17.3 Å². The molecule has 0 saturated heterocycles. The van der Waals surface area contributed by atoms with Crippen LogP contribution in [0.2, 0.25) is 5.02 Å². The normalized spacial score (nSPS) is 14.2. The van der Waals surface area contributed by atoms with Crippen LogP contribution in [0.25, 0.3) is 0 Å². The minimum Gasteiger partial charge on any atom is -0.496 e. The second-order valence-corrected chi connectivity index (χ2v) is 5.14. The predicted molar refractivity (Wildman–Crippen MR) is 72.6 cm³/mol. The Morgan fingerprint density at radius 2 is 2.16 bits per heavy atom. The van der Waals surface area contributed by atoms with Crippen LogP contribution in [0.15, 0.2) is 18.2 Å². The number of carbonyl (C=O) groups is 1. The lowest BCUT2D eigenvalue weighted by atomic mass is 10.1. The zero-order chi connectivity index (χ0) is 14.6. The number of hydrogen-bond donors (Lipinski definition) is 2. The Labute approximate surface area is 117 Å². The molecule has 0 radical (unpaired) electrons. The Hall–Kier alpha value is -1.30. The summed E-state index contributed by atoms with van der Waals surface area (Å²) in [5, 5.41) is 19.2. The number of methoxy groups -OCH3 is 1. The molecule has 0 fully saturated rings. The average Bonchev–Trinajstić information content (AvgIpc) is 2.28. The lowest BCUT2D eigenvalue weighted by Crippen LogP contribution is -2.45. The van der Waals surface area contributed by atoms with Crippen molar-refractivity contribution in [3.63, 3.8) is 0 Å². The predicted octanol–water partition coefficient (Wildman–Crippen LogP) is 1.62. The summed E-state index contributed by atoms with van der Waals surface area (Å²) in [4.78, 5) is 12.6. The van der Waals surface area contributed by atoms with Crippen LogP contribution in [-0.2, 0) is 11.3 Å². The van der Waals surface area contributed by atoms with Crippen LogP contribution >= 0.6 is 11.6 Å². The highest BCUT2D eigenvalue weighted by Gasteiger charge is 2.31. The molecular formula is C13H18ClNO4. The first-order valence-corrected chi connectivity index (χ1v) is 6.11. The van der Waals surface area contributed by atoms with Crippen LogP contribution in [0, 0.1) is 0 Å². The monoisotopic (exact) mass is 287 g/mol. The molecule has 6 heteroatoms. The van der Waals surface area contributed by atoms with Crippen molar-refractivity contribution >= 4 is 17.6 Å². The van der Waals surface area contributed by atoms with Gasteiger partial charge in [-0.1, -0.05) is 11.6 Å². The fraction of sp³-hybridized carbons (Fsp3) is 0.462. The lowest BCUT2D eigenvalue weighted by Gasteiger charge is -2.26. The number of benzene rings is 1. The zero-order valence-electron chi connectivity index (χ0n) is 11.2. The number of likely N-dealkylation sites (N-methyl/N-ethyl adjacent to an activating group) is 1. The Morgan fingerprint density at radius 3 is 2.68 bits per heavy atom. The van der Waals surface area contributed by atoms with E-state index in [0.717, 1.165) is 5.56 Å². The van der Waals surface area contributed by atoms with Crippen molar-refractivity contribution in [3.8, 4) is 5.75 Å². The molecule has 0 saturated carbocycles. The van der Waals surface area contributed by atoms with Crippen LogP contribution < -0.4 is 4.74 Å². The maximum absolute atomic E-state index is 10.9. The van der Waals surface area contributed by atoms with E-state index in [1.807, 2.05) is 0 Å². The van der Waals surface area contributed by atoms with Gasteiger partial charge in [0.1, 0.15) is 5.75 Å². The summed E-state index contributed by atoms with van der Waals surface area (Å²) in [6.45, 7) is 1.69. The number of carboxylic acids is 1. The first-order chi connectivity index (χ1) is 8.76. The van der Waals surface area contributed by atoms with Crippen molar-refractivity contribution in [2.75, 3.05) is 20.7 Å². The Kier molecular flexibility index (Phi) is 5.17. The molecule has 0 bridgehead atoms. The summed E-state index contributed by atoms with van der Waals surface area (Å²) in [6.07, 6.45) is 0. The topological polar surface area (TPSA) is 70.0 Å². The molecule has 0 aliphatic carbocycles. The standard InChI is InChI=1S/C13H18ClNO4/c1-13(18,12(16)17)8-15(2)7-9-6-10(14)4-5-11(9)19-3/h4-6,18H,7-8H2,1-3H3,(H,16,17). The summed E-state index contributed by atoms with van der Waals surface area (Å²) in [5.74, 6) is -0.580. The molecular weight excluding hydrogens is 270 g/mol. The molecule has 1 aromatic carbocycles. The third kappa shape index (κ3) is 4.38. The Balaban J connectivity index is 2.79. The van der Waals surface area contributed by atoms with Gasteiger partial charge in [0.2, 0.25) is 0 Å². The van der Waals surface area contributed by atoms with Crippen molar-refractivity contribution in [1.29, 1.82) is 0 Å². The van der Waals surface area contributed by atoms with Crippen molar-refractivity contribution < 1.29 is 19.7 Å². The molecule has 0 aliphatic rings. The summed E-state index contributed by atoms with van der Waals surface area (Å²) < 4.78 is 5.21. The van der Waals surface area contributed by atoms with Gasteiger partial charge in [0.15, 0.2) is 5.60 Å². The van der Waals surface area contributed by atoms with Gasteiger partial charge in [0.25, 0.3) is 0 Å². The van der Waals surface area contributed by atoms with Crippen LogP contribution in [0.5, 0.6) is 5.75 Å². The highest BCUT2D eigenvalue weighted by Crippen LogP contribution is 2.24. The molecule has 0 spiro atoms. The molecule has 106 valence electrons. The number of carboxylic acid groups (broad SMARTS) is 1. The summed E-state index contributed by atoms with van der Waals surface area (Å²) >= 11 is 5.92. The summed E-state index contributed by atoms with van der Waals surface area (Å²) in [6, 6.07) is 5.23. The number of hydrogen-bond acceptors (Lipinski definition) is 4. The van der Waals surface area contributed by atoms with Crippen molar-refractivity contribution in [2.24, 2.45) is 0 Å². The van der Waals surface area contributed by atoms with Gasteiger partial charge in [0, 0.05) is 23.7 Å². The van der Waals surface area contributed by atoms with Crippen LogP contribution in [0.4, 0.5) is 0 Å². The fourth-order valence-electron chi connectivity index (χ4n) is 1.81. The minimum atomic E-state index is -1.79. The maximum atomic E-state index is 10.9. The second-order valence-electron chi connectivity index (χ2n) is 4.71. The molecule has 5 nitrogen and oxygen atoms in total. The third-order valence-electron chi connectivity index (χ3n) is 2.72. The Morgan fingerprint density at radius 1 is 1.53 bits per heavy atom. The van der Waals surface area contributed by atoms with E-state index >= 15 is 0 Å². The molecule has 2 N–H and O–H groups in total. The first-order valence-electron chi connectivity index (χ1n) is 5.73. The number of halogens is 1. The highest BCUT2D eigenvalue weighted by atomic mass is 35.5. The molecule has 0 heterocycles. The van der Waals surface area contributed by atoms with Crippen LogP contribution in [-0.4, -0.2) is 47.4 Å². The van der Waals surface area contributed by atoms with Gasteiger partial charge in [-0.15, -0.1) is 0 Å². The molecule has 0 amide bonds. The van der Waals surface area contributed by atoms with E-state index in [2.05, 4.69) is 0 Å². The van der Waals surface area contributed by atoms with E-state index in [-0.39, 0.29) is 6.54 Å². The van der Waals surface area contributed by atoms with E-state index in [1.165, 1.54) is 6.92 Å². The van der Waals surface area contributed by atoms with E-state index in [4.69, 9.17) is 21.4 Å². The highest BCUT2D eigenvalue weighted by molar-refractivity contribution is 6.30. The van der Waals surface area contributed by atoms with Crippen LogP contribution in [0.3, 0.4) is 0 Å². The molecule has 1 rings (SSSR count). The van der Waals surface area contributed by atoms with Gasteiger partial charge in [-0.2, -0.15) is 0 Å². The number of ether oxygens (including phenoxy) is 1. The molecule has 1 aromatic rings.